The minimum absolute atomic E-state index is 0.229. The van der Waals surface area contributed by atoms with Crippen LogP contribution in [0.1, 0.15) is 24.1 Å². The molecule has 0 N–H and O–H groups in total. The summed E-state index contributed by atoms with van der Waals surface area (Å²) in [6, 6.07) is 6.41. The fourth-order valence-electron chi connectivity index (χ4n) is 1.75. The van der Waals surface area contributed by atoms with E-state index in [1.165, 1.54) is 12.1 Å². The van der Waals surface area contributed by atoms with Gasteiger partial charge in [-0.05, 0) is 24.6 Å². The molecule has 1 heterocycles. The zero-order valence-electron chi connectivity index (χ0n) is 9.53. The molecule has 0 aliphatic heterocycles. The molecule has 0 spiro atoms. The first kappa shape index (κ1) is 12.0. The molecule has 0 aliphatic rings. The largest absolute Gasteiger partial charge is 0.314 e. The van der Waals surface area contributed by atoms with Crippen LogP contribution in [0, 0.1) is 5.82 Å². The Morgan fingerprint density at radius 1 is 1.18 bits per heavy atom. The first-order chi connectivity index (χ1) is 8.24. The van der Waals surface area contributed by atoms with Crippen LogP contribution in [0.15, 0.2) is 24.3 Å². The molecule has 17 heavy (non-hydrogen) atoms. The van der Waals surface area contributed by atoms with E-state index in [1.54, 1.807) is 12.1 Å². The Hall–Kier alpha value is -1.42. The molecule has 0 aliphatic carbocycles. The normalized spacial score (nSPS) is 10.8. The van der Waals surface area contributed by atoms with Crippen molar-refractivity contribution in [1.82, 2.24) is 14.8 Å². The van der Waals surface area contributed by atoms with E-state index in [4.69, 9.17) is 11.6 Å². The fourth-order valence-corrected chi connectivity index (χ4v) is 1.95. The molecule has 2 rings (SSSR count). The van der Waals surface area contributed by atoms with E-state index in [9.17, 15) is 4.39 Å². The zero-order chi connectivity index (χ0) is 12.3. The third kappa shape index (κ3) is 2.64. The zero-order valence-corrected chi connectivity index (χ0v) is 10.3. The summed E-state index contributed by atoms with van der Waals surface area (Å²) >= 11 is 5.78. The van der Waals surface area contributed by atoms with Crippen molar-refractivity contribution in [1.29, 1.82) is 0 Å². The summed E-state index contributed by atoms with van der Waals surface area (Å²) < 4.78 is 14.8. The number of hydrogen-bond donors (Lipinski definition) is 0. The van der Waals surface area contributed by atoms with Crippen LogP contribution in [0.2, 0.25) is 0 Å². The number of halogens is 2. The van der Waals surface area contributed by atoms with Crippen LogP contribution >= 0.6 is 11.6 Å². The van der Waals surface area contributed by atoms with Crippen LogP contribution in [0.25, 0.3) is 0 Å². The molecule has 3 nitrogen and oxygen atoms in total. The molecular formula is C12H13ClFN3. The SMILES string of the molecule is CCn1c(CCl)nnc1Cc1ccc(F)cc1. The second kappa shape index (κ2) is 5.27. The highest BCUT2D eigenvalue weighted by atomic mass is 35.5. The average Bonchev–Trinajstić information content (AvgIpc) is 2.74. The molecule has 0 bridgehead atoms. The van der Waals surface area contributed by atoms with Gasteiger partial charge in [-0.15, -0.1) is 21.8 Å². The van der Waals surface area contributed by atoms with Crippen molar-refractivity contribution >= 4 is 11.6 Å². The first-order valence-corrected chi connectivity index (χ1v) is 5.99. The molecule has 0 unspecified atom stereocenters. The molecule has 0 saturated heterocycles. The smallest absolute Gasteiger partial charge is 0.147 e. The van der Waals surface area contributed by atoms with Gasteiger partial charge >= 0.3 is 0 Å². The van der Waals surface area contributed by atoms with Gasteiger partial charge in [0.25, 0.3) is 0 Å². The number of alkyl halides is 1. The van der Waals surface area contributed by atoms with Crippen molar-refractivity contribution in [3.63, 3.8) is 0 Å². The third-order valence-electron chi connectivity index (χ3n) is 2.62. The van der Waals surface area contributed by atoms with E-state index in [1.807, 2.05) is 11.5 Å². The van der Waals surface area contributed by atoms with Crippen molar-refractivity contribution in [3.8, 4) is 0 Å². The Morgan fingerprint density at radius 2 is 1.82 bits per heavy atom. The van der Waals surface area contributed by atoms with Gasteiger partial charge in [-0.3, -0.25) is 0 Å². The van der Waals surface area contributed by atoms with Crippen LogP contribution in [0.5, 0.6) is 0 Å². The van der Waals surface area contributed by atoms with E-state index in [2.05, 4.69) is 10.2 Å². The van der Waals surface area contributed by atoms with Crippen LogP contribution < -0.4 is 0 Å². The Labute approximate surface area is 104 Å². The number of rotatable bonds is 4. The summed E-state index contributed by atoms with van der Waals surface area (Å²) in [4.78, 5) is 0. The maximum absolute atomic E-state index is 12.8. The highest BCUT2D eigenvalue weighted by molar-refractivity contribution is 6.16. The Balaban J connectivity index is 2.23. The molecule has 0 amide bonds. The van der Waals surface area contributed by atoms with Gasteiger partial charge < -0.3 is 4.57 Å². The lowest BCUT2D eigenvalue weighted by atomic mass is 10.1. The molecule has 90 valence electrons. The summed E-state index contributed by atoms with van der Waals surface area (Å²) in [7, 11) is 0. The third-order valence-corrected chi connectivity index (χ3v) is 2.85. The van der Waals surface area contributed by atoms with E-state index in [0.717, 1.165) is 23.8 Å². The summed E-state index contributed by atoms with van der Waals surface area (Å²) in [6.45, 7) is 2.80. The second-order valence-corrected chi connectivity index (χ2v) is 3.98. The minimum atomic E-state index is -0.229. The van der Waals surface area contributed by atoms with Crippen LogP contribution in [-0.4, -0.2) is 14.8 Å². The van der Waals surface area contributed by atoms with Gasteiger partial charge in [0.2, 0.25) is 0 Å². The van der Waals surface area contributed by atoms with Gasteiger partial charge in [0.15, 0.2) is 0 Å². The van der Waals surface area contributed by atoms with Gasteiger partial charge in [-0.1, -0.05) is 12.1 Å². The Morgan fingerprint density at radius 3 is 2.41 bits per heavy atom. The maximum atomic E-state index is 12.8. The van der Waals surface area contributed by atoms with E-state index >= 15 is 0 Å². The molecule has 0 radical (unpaired) electrons. The maximum Gasteiger partial charge on any atom is 0.147 e. The molecule has 1 aromatic heterocycles. The average molecular weight is 254 g/mol. The predicted molar refractivity (Wildman–Crippen MR) is 64.5 cm³/mol. The predicted octanol–water partition coefficient (Wildman–Crippen LogP) is 2.77. The topological polar surface area (TPSA) is 30.7 Å². The van der Waals surface area contributed by atoms with E-state index < -0.39 is 0 Å². The Kier molecular flexibility index (Phi) is 3.74. The highest BCUT2D eigenvalue weighted by Gasteiger charge is 2.10. The lowest BCUT2D eigenvalue weighted by Crippen LogP contribution is -2.05. The summed E-state index contributed by atoms with van der Waals surface area (Å²) in [6.07, 6.45) is 0.637. The molecule has 1 aromatic carbocycles. The molecule has 0 atom stereocenters. The van der Waals surface area contributed by atoms with Gasteiger partial charge in [-0.25, -0.2) is 4.39 Å². The van der Waals surface area contributed by atoms with Crippen molar-refractivity contribution in [2.24, 2.45) is 0 Å². The number of nitrogens with zero attached hydrogens (tertiary/aromatic N) is 3. The second-order valence-electron chi connectivity index (χ2n) is 3.71. The standard InChI is InChI=1S/C12H13ClFN3/c1-2-17-11(15-16-12(17)8-13)7-9-3-5-10(14)6-4-9/h3-6H,2,7-8H2,1H3. The Bertz CT molecular complexity index is 493. The van der Waals surface area contributed by atoms with Crippen LogP contribution in [0.4, 0.5) is 4.39 Å². The minimum Gasteiger partial charge on any atom is -0.314 e. The molecular weight excluding hydrogens is 241 g/mol. The van der Waals surface area contributed by atoms with Gasteiger partial charge in [0.1, 0.15) is 17.5 Å². The van der Waals surface area contributed by atoms with Crippen molar-refractivity contribution in [2.45, 2.75) is 25.8 Å². The lowest BCUT2D eigenvalue weighted by Gasteiger charge is -2.05. The molecule has 0 saturated carbocycles. The van der Waals surface area contributed by atoms with Gasteiger partial charge in [0, 0.05) is 13.0 Å². The number of aromatic nitrogens is 3. The number of benzene rings is 1. The van der Waals surface area contributed by atoms with Crippen molar-refractivity contribution in [3.05, 3.63) is 47.3 Å². The fraction of sp³-hybridized carbons (Fsp3) is 0.333. The first-order valence-electron chi connectivity index (χ1n) is 5.46. The summed E-state index contributed by atoms with van der Waals surface area (Å²) in [5.41, 5.74) is 1.01. The van der Waals surface area contributed by atoms with E-state index in [0.29, 0.717) is 12.3 Å². The highest BCUT2D eigenvalue weighted by Crippen LogP contribution is 2.11. The lowest BCUT2D eigenvalue weighted by molar-refractivity contribution is 0.626. The molecule has 5 heteroatoms. The van der Waals surface area contributed by atoms with Crippen LogP contribution in [-0.2, 0) is 18.8 Å². The van der Waals surface area contributed by atoms with Crippen LogP contribution in [0.3, 0.4) is 0 Å². The number of hydrogen-bond acceptors (Lipinski definition) is 2. The van der Waals surface area contributed by atoms with Gasteiger partial charge in [0.05, 0.1) is 5.88 Å². The summed E-state index contributed by atoms with van der Waals surface area (Å²) in [5, 5.41) is 8.14. The quantitative estimate of drug-likeness (QED) is 0.785. The van der Waals surface area contributed by atoms with E-state index in [-0.39, 0.29) is 5.82 Å². The molecule has 0 fully saturated rings. The monoisotopic (exact) mass is 253 g/mol. The summed E-state index contributed by atoms with van der Waals surface area (Å²) in [5.74, 6) is 1.75. The van der Waals surface area contributed by atoms with Crippen molar-refractivity contribution in [2.75, 3.05) is 0 Å². The van der Waals surface area contributed by atoms with Gasteiger partial charge in [-0.2, -0.15) is 0 Å². The van der Waals surface area contributed by atoms with Crippen molar-refractivity contribution < 1.29 is 4.39 Å². The molecule has 2 aromatic rings.